The molecular formula is C14H18N2O4S. The Morgan fingerprint density at radius 1 is 1.33 bits per heavy atom. The minimum absolute atomic E-state index is 0.0277. The number of aryl methyl sites for hydroxylation is 1. The normalized spacial score (nSPS) is 23.5. The highest BCUT2D eigenvalue weighted by molar-refractivity contribution is 7.89. The van der Waals surface area contributed by atoms with Crippen LogP contribution < -0.4 is 5.32 Å². The quantitative estimate of drug-likeness (QED) is 0.883. The highest BCUT2D eigenvalue weighted by atomic mass is 32.2. The maximum atomic E-state index is 12.7. The number of carbonyl (C=O) groups is 1. The Balaban J connectivity index is 1.91. The molecule has 7 heteroatoms. The zero-order chi connectivity index (χ0) is 15.0. The number of benzene rings is 1. The van der Waals surface area contributed by atoms with Gasteiger partial charge in [0.1, 0.15) is 0 Å². The van der Waals surface area contributed by atoms with Crippen LogP contribution in [0.2, 0.25) is 0 Å². The number of carbonyl (C=O) groups excluding carboxylic acids is 1. The number of anilines is 1. The molecule has 1 aromatic rings. The molecule has 0 aromatic heterocycles. The first-order valence-electron chi connectivity index (χ1n) is 7.01. The number of nitrogens with zero attached hydrogens (tertiary/aromatic N) is 1. The first-order valence-corrected chi connectivity index (χ1v) is 8.45. The lowest BCUT2D eigenvalue weighted by Crippen LogP contribution is -2.44. The van der Waals surface area contributed by atoms with Gasteiger partial charge in [-0.05, 0) is 37.1 Å². The zero-order valence-corrected chi connectivity index (χ0v) is 12.6. The number of sulfonamides is 1. The lowest BCUT2D eigenvalue weighted by atomic mass is 10.0. The highest BCUT2D eigenvalue weighted by Crippen LogP contribution is 2.27. The lowest BCUT2D eigenvalue weighted by molar-refractivity contribution is -0.116. The van der Waals surface area contributed by atoms with Gasteiger partial charge < -0.3 is 10.1 Å². The molecule has 0 radical (unpaired) electrons. The van der Waals surface area contributed by atoms with Gasteiger partial charge in [-0.15, -0.1) is 0 Å². The summed E-state index contributed by atoms with van der Waals surface area (Å²) in [5.74, 6) is -0.0277. The van der Waals surface area contributed by atoms with E-state index in [1.165, 1.54) is 4.31 Å². The van der Waals surface area contributed by atoms with Crippen LogP contribution in [0.25, 0.3) is 0 Å². The molecule has 0 saturated carbocycles. The van der Waals surface area contributed by atoms with Crippen LogP contribution in [0.1, 0.15) is 18.9 Å². The summed E-state index contributed by atoms with van der Waals surface area (Å²) in [5.41, 5.74) is 1.58. The molecule has 6 nitrogen and oxygen atoms in total. The fraction of sp³-hybridized carbons (Fsp3) is 0.500. The van der Waals surface area contributed by atoms with E-state index in [0.29, 0.717) is 38.2 Å². The third kappa shape index (κ3) is 2.81. The molecule has 0 bridgehead atoms. The molecule has 0 aliphatic carbocycles. The minimum atomic E-state index is -3.50. The summed E-state index contributed by atoms with van der Waals surface area (Å²) < 4.78 is 32.2. The predicted molar refractivity (Wildman–Crippen MR) is 77.6 cm³/mol. The summed E-state index contributed by atoms with van der Waals surface area (Å²) in [4.78, 5) is 11.6. The second kappa shape index (κ2) is 5.40. The Bertz CT molecular complexity index is 672. The van der Waals surface area contributed by atoms with Gasteiger partial charge in [-0.2, -0.15) is 4.31 Å². The number of fused-ring (bicyclic) bond motifs is 1. The summed E-state index contributed by atoms with van der Waals surface area (Å²) in [6.07, 6.45) is 0.875. The third-order valence-electron chi connectivity index (χ3n) is 3.81. The van der Waals surface area contributed by atoms with Crippen molar-refractivity contribution < 1.29 is 17.9 Å². The number of ether oxygens (including phenoxy) is 1. The third-order valence-corrected chi connectivity index (χ3v) is 5.67. The van der Waals surface area contributed by atoms with Crippen molar-refractivity contribution >= 4 is 21.6 Å². The zero-order valence-electron chi connectivity index (χ0n) is 11.8. The molecule has 2 aliphatic rings. The molecule has 1 amide bonds. The van der Waals surface area contributed by atoms with E-state index < -0.39 is 10.0 Å². The summed E-state index contributed by atoms with van der Waals surface area (Å²) >= 11 is 0. The number of amides is 1. The molecule has 1 N–H and O–H groups in total. The van der Waals surface area contributed by atoms with Gasteiger partial charge in [0.2, 0.25) is 15.9 Å². The molecule has 1 atom stereocenters. The Kier molecular flexibility index (Phi) is 3.73. The molecule has 0 unspecified atom stereocenters. The van der Waals surface area contributed by atoms with Crippen molar-refractivity contribution in [1.29, 1.82) is 0 Å². The fourth-order valence-corrected chi connectivity index (χ4v) is 4.22. The summed E-state index contributed by atoms with van der Waals surface area (Å²) in [5, 5.41) is 2.76. The summed E-state index contributed by atoms with van der Waals surface area (Å²) in [7, 11) is -3.50. The smallest absolute Gasteiger partial charge is 0.243 e. The van der Waals surface area contributed by atoms with Gasteiger partial charge in [-0.1, -0.05) is 0 Å². The molecule has 114 valence electrons. The van der Waals surface area contributed by atoms with E-state index in [-0.39, 0.29) is 16.9 Å². The van der Waals surface area contributed by atoms with Crippen molar-refractivity contribution in [3.8, 4) is 0 Å². The van der Waals surface area contributed by atoms with Gasteiger partial charge in [-0.3, -0.25) is 4.79 Å². The van der Waals surface area contributed by atoms with Crippen molar-refractivity contribution in [2.75, 3.05) is 25.0 Å². The maximum Gasteiger partial charge on any atom is 0.243 e. The number of nitrogens with one attached hydrogen (secondary N) is 1. The summed E-state index contributed by atoms with van der Waals surface area (Å²) in [6, 6.07) is 4.90. The first kappa shape index (κ1) is 14.5. The monoisotopic (exact) mass is 310 g/mol. The molecule has 2 aliphatic heterocycles. The number of morpholine rings is 1. The van der Waals surface area contributed by atoms with E-state index in [0.717, 1.165) is 5.56 Å². The Hall–Kier alpha value is -1.44. The van der Waals surface area contributed by atoms with Gasteiger partial charge in [0.05, 0.1) is 17.6 Å². The van der Waals surface area contributed by atoms with Crippen molar-refractivity contribution in [2.45, 2.75) is 30.8 Å². The second-order valence-corrected chi connectivity index (χ2v) is 7.35. The average molecular weight is 310 g/mol. The average Bonchev–Trinajstić information content (AvgIpc) is 2.46. The molecule has 2 heterocycles. The fourth-order valence-electron chi connectivity index (χ4n) is 2.67. The van der Waals surface area contributed by atoms with E-state index in [1.54, 1.807) is 18.2 Å². The van der Waals surface area contributed by atoms with Gasteiger partial charge in [-0.25, -0.2) is 8.42 Å². The van der Waals surface area contributed by atoms with Gasteiger partial charge >= 0.3 is 0 Å². The Morgan fingerprint density at radius 3 is 2.90 bits per heavy atom. The van der Waals surface area contributed by atoms with Crippen LogP contribution in [0.4, 0.5) is 5.69 Å². The second-order valence-electron chi connectivity index (χ2n) is 5.41. The Morgan fingerprint density at radius 2 is 2.14 bits per heavy atom. The van der Waals surface area contributed by atoms with Crippen LogP contribution in [-0.2, 0) is 26.0 Å². The number of hydrogen-bond acceptors (Lipinski definition) is 4. The largest absolute Gasteiger partial charge is 0.376 e. The van der Waals surface area contributed by atoms with E-state index in [4.69, 9.17) is 4.74 Å². The van der Waals surface area contributed by atoms with Gasteiger partial charge in [0.15, 0.2) is 0 Å². The van der Waals surface area contributed by atoms with Gasteiger partial charge in [0.25, 0.3) is 0 Å². The van der Waals surface area contributed by atoms with Crippen LogP contribution in [0.3, 0.4) is 0 Å². The number of hydrogen-bond donors (Lipinski definition) is 1. The van der Waals surface area contributed by atoms with Crippen LogP contribution >= 0.6 is 0 Å². The molecular weight excluding hydrogens is 292 g/mol. The van der Waals surface area contributed by atoms with Crippen molar-refractivity contribution in [1.82, 2.24) is 4.31 Å². The van der Waals surface area contributed by atoms with Crippen molar-refractivity contribution in [2.24, 2.45) is 0 Å². The van der Waals surface area contributed by atoms with Crippen LogP contribution in [0, 0.1) is 0 Å². The van der Waals surface area contributed by atoms with Crippen LogP contribution in [0.15, 0.2) is 23.1 Å². The lowest BCUT2D eigenvalue weighted by Gasteiger charge is -2.30. The molecule has 21 heavy (non-hydrogen) atoms. The predicted octanol–water partition coefficient (Wildman–Crippen LogP) is 0.981. The topological polar surface area (TPSA) is 75.7 Å². The van der Waals surface area contributed by atoms with Crippen LogP contribution in [0.5, 0.6) is 0 Å². The molecule has 1 aromatic carbocycles. The standard InChI is InChI=1S/C14H18N2O4S/c1-10-9-16(6-7-20-10)21(18,19)12-3-4-13-11(8-12)2-5-14(17)15-13/h3-4,8,10H,2,5-7,9H2,1H3,(H,15,17)/t10-/m0/s1. The van der Waals surface area contributed by atoms with Gasteiger partial charge in [0, 0.05) is 25.2 Å². The number of rotatable bonds is 2. The van der Waals surface area contributed by atoms with E-state index in [9.17, 15) is 13.2 Å². The molecule has 1 fully saturated rings. The van der Waals surface area contributed by atoms with E-state index in [1.807, 2.05) is 6.92 Å². The SMILES string of the molecule is C[C@H]1CN(S(=O)(=O)c2ccc3c(c2)CCC(=O)N3)CCO1. The molecule has 0 spiro atoms. The molecule has 3 rings (SSSR count). The van der Waals surface area contributed by atoms with Crippen molar-refractivity contribution in [3.05, 3.63) is 23.8 Å². The van der Waals surface area contributed by atoms with Crippen molar-refractivity contribution in [3.63, 3.8) is 0 Å². The van der Waals surface area contributed by atoms with E-state index >= 15 is 0 Å². The summed E-state index contributed by atoms with van der Waals surface area (Å²) in [6.45, 7) is 3.03. The minimum Gasteiger partial charge on any atom is -0.376 e. The van der Waals surface area contributed by atoms with Crippen LogP contribution in [-0.4, -0.2) is 44.4 Å². The molecule has 1 saturated heterocycles. The highest BCUT2D eigenvalue weighted by Gasteiger charge is 2.30. The van der Waals surface area contributed by atoms with E-state index in [2.05, 4.69) is 5.32 Å². The first-order chi connectivity index (χ1) is 9.96. The Labute approximate surface area is 124 Å². The maximum absolute atomic E-state index is 12.7.